The molecule has 30 heavy (non-hydrogen) atoms. The number of anilines is 1. The standard InChI is InChI=1S/C18H16ClN3O6S2/c1-29(24,25)14-6-2-12(3-7-14)17-21-22-18(28-17)20-16(23)10-11-30(26,27)15-8-4-13(19)5-9-15/h2-9H,10-11H2,1H3,(H,20,22,23). The monoisotopic (exact) mass is 469 g/mol. The van der Waals surface area contributed by atoms with E-state index >= 15 is 0 Å². The topological polar surface area (TPSA) is 136 Å². The third kappa shape index (κ3) is 5.43. The SMILES string of the molecule is CS(=O)(=O)c1ccc(-c2nnc(NC(=O)CCS(=O)(=O)c3ccc(Cl)cc3)o2)cc1. The van der Waals surface area contributed by atoms with Gasteiger partial charge in [0.1, 0.15) is 0 Å². The molecule has 3 aromatic rings. The number of nitrogens with zero attached hydrogens (tertiary/aromatic N) is 2. The van der Waals surface area contributed by atoms with Crippen LogP contribution in [0.25, 0.3) is 11.5 Å². The summed E-state index contributed by atoms with van der Waals surface area (Å²) in [6, 6.07) is 11.2. The minimum Gasteiger partial charge on any atom is -0.403 e. The molecule has 3 rings (SSSR count). The Morgan fingerprint density at radius 2 is 1.57 bits per heavy atom. The number of carbonyl (C=O) groups is 1. The molecular formula is C18H16ClN3O6S2. The summed E-state index contributed by atoms with van der Waals surface area (Å²) in [5.41, 5.74) is 0.459. The predicted octanol–water partition coefficient (Wildman–Crippen LogP) is 2.60. The van der Waals surface area contributed by atoms with E-state index in [1.807, 2.05) is 0 Å². The van der Waals surface area contributed by atoms with Gasteiger partial charge in [0, 0.05) is 23.3 Å². The number of halogens is 1. The van der Waals surface area contributed by atoms with Crippen molar-refractivity contribution >= 4 is 43.2 Å². The second-order valence-electron chi connectivity index (χ2n) is 6.28. The zero-order valence-electron chi connectivity index (χ0n) is 15.6. The third-order valence-corrected chi connectivity index (χ3v) is 7.08. The van der Waals surface area contributed by atoms with Crippen LogP contribution < -0.4 is 5.32 Å². The lowest BCUT2D eigenvalue weighted by Crippen LogP contribution is -2.17. The van der Waals surface area contributed by atoms with Gasteiger partial charge in [0.25, 0.3) is 0 Å². The van der Waals surface area contributed by atoms with Gasteiger partial charge in [0.05, 0.1) is 15.5 Å². The fourth-order valence-corrected chi connectivity index (χ4v) is 4.40. The van der Waals surface area contributed by atoms with Crippen LogP contribution in [0.5, 0.6) is 0 Å². The molecule has 1 amide bonds. The van der Waals surface area contributed by atoms with Crippen LogP contribution in [-0.4, -0.2) is 44.9 Å². The van der Waals surface area contributed by atoms with Crippen molar-refractivity contribution in [3.8, 4) is 11.5 Å². The zero-order chi connectivity index (χ0) is 21.9. The van der Waals surface area contributed by atoms with Crippen LogP contribution in [0.15, 0.2) is 62.7 Å². The number of carbonyl (C=O) groups excluding carboxylic acids is 1. The Morgan fingerprint density at radius 1 is 0.967 bits per heavy atom. The van der Waals surface area contributed by atoms with E-state index in [2.05, 4.69) is 15.5 Å². The number of amides is 1. The van der Waals surface area contributed by atoms with Crippen molar-refractivity contribution in [3.05, 3.63) is 53.6 Å². The van der Waals surface area contributed by atoms with Gasteiger partial charge in [0.2, 0.25) is 11.8 Å². The first kappa shape index (κ1) is 21.9. The highest BCUT2D eigenvalue weighted by Crippen LogP contribution is 2.22. The summed E-state index contributed by atoms with van der Waals surface area (Å²) in [4.78, 5) is 12.3. The molecule has 1 aromatic heterocycles. The van der Waals surface area contributed by atoms with Crippen LogP contribution >= 0.6 is 11.6 Å². The molecular weight excluding hydrogens is 454 g/mol. The van der Waals surface area contributed by atoms with Gasteiger partial charge < -0.3 is 4.42 Å². The Hall–Kier alpha value is -2.76. The Kier molecular flexibility index (Phi) is 6.25. The number of hydrogen-bond donors (Lipinski definition) is 1. The fourth-order valence-electron chi connectivity index (χ4n) is 2.40. The molecule has 0 bridgehead atoms. The van der Waals surface area contributed by atoms with Crippen molar-refractivity contribution in [2.24, 2.45) is 0 Å². The first-order chi connectivity index (χ1) is 14.0. The van der Waals surface area contributed by atoms with Crippen LogP contribution in [0.2, 0.25) is 5.02 Å². The van der Waals surface area contributed by atoms with Crippen LogP contribution in [0.3, 0.4) is 0 Å². The summed E-state index contributed by atoms with van der Waals surface area (Å²) in [5, 5.41) is 10.2. The Bertz CT molecular complexity index is 1270. The molecule has 0 aliphatic rings. The lowest BCUT2D eigenvalue weighted by Gasteiger charge is -2.04. The van der Waals surface area contributed by atoms with E-state index in [0.29, 0.717) is 10.6 Å². The van der Waals surface area contributed by atoms with Crippen LogP contribution in [0.1, 0.15) is 6.42 Å². The minimum absolute atomic E-state index is 0.0670. The number of sulfone groups is 2. The van der Waals surface area contributed by atoms with Crippen molar-refractivity contribution < 1.29 is 26.0 Å². The molecule has 0 atom stereocenters. The fraction of sp³-hybridized carbons (Fsp3) is 0.167. The summed E-state index contributed by atoms with van der Waals surface area (Å²) in [6.45, 7) is 0. The highest BCUT2D eigenvalue weighted by molar-refractivity contribution is 7.91. The summed E-state index contributed by atoms with van der Waals surface area (Å²) >= 11 is 5.74. The second-order valence-corrected chi connectivity index (χ2v) is 10.8. The maximum atomic E-state index is 12.3. The van der Waals surface area contributed by atoms with E-state index in [-0.39, 0.29) is 28.1 Å². The van der Waals surface area contributed by atoms with Crippen molar-refractivity contribution in [3.63, 3.8) is 0 Å². The molecule has 0 spiro atoms. The van der Waals surface area contributed by atoms with Crippen LogP contribution in [-0.2, 0) is 24.5 Å². The molecule has 1 N–H and O–H groups in total. The van der Waals surface area contributed by atoms with Gasteiger partial charge in [-0.1, -0.05) is 16.7 Å². The van der Waals surface area contributed by atoms with Gasteiger partial charge in [-0.25, -0.2) is 16.8 Å². The predicted molar refractivity (Wildman–Crippen MR) is 110 cm³/mol. The highest BCUT2D eigenvalue weighted by atomic mass is 35.5. The van der Waals surface area contributed by atoms with Crippen molar-refractivity contribution in [2.75, 3.05) is 17.3 Å². The van der Waals surface area contributed by atoms with Crippen molar-refractivity contribution in [2.45, 2.75) is 16.2 Å². The molecule has 0 fully saturated rings. The molecule has 1 heterocycles. The Balaban J connectivity index is 1.61. The summed E-state index contributed by atoms with van der Waals surface area (Å²) in [5.74, 6) is -0.955. The van der Waals surface area contributed by atoms with Crippen molar-refractivity contribution in [1.29, 1.82) is 0 Å². The molecule has 0 saturated carbocycles. The molecule has 9 nitrogen and oxygen atoms in total. The molecule has 2 aromatic carbocycles. The van der Waals surface area contributed by atoms with E-state index < -0.39 is 31.3 Å². The van der Waals surface area contributed by atoms with Crippen LogP contribution in [0.4, 0.5) is 6.01 Å². The van der Waals surface area contributed by atoms with Crippen molar-refractivity contribution in [1.82, 2.24) is 10.2 Å². The molecule has 12 heteroatoms. The van der Waals surface area contributed by atoms with E-state index in [1.165, 1.54) is 48.5 Å². The normalized spacial score (nSPS) is 11.9. The Labute approximate surface area is 177 Å². The van der Waals surface area contributed by atoms with E-state index in [1.54, 1.807) is 0 Å². The molecule has 0 aliphatic carbocycles. The van der Waals surface area contributed by atoms with E-state index in [4.69, 9.17) is 16.0 Å². The quantitative estimate of drug-likeness (QED) is 0.557. The lowest BCUT2D eigenvalue weighted by atomic mass is 10.2. The van der Waals surface area contributed by atoms with Gasteiger partial charge in [-0.15, -0.1) is 5.10 Å². The maximum absolute atomic E-state index is 12.3. The van der Waals surface area contributed by atoms with Gasteiger partial charge in [0.15, 0.2) is 19.7 Å². The molecule has 0 saturated heterocycles. The molecule has 158 valence electrons. The summed E-state index contributed by atoms with van der Waals surface area (Å²) in [7, 11) is -6.99. The summed E-state index contributed by atoms with van der Waals surface area (Å²) in [6.07, 6.45) is 0.779. The van der Waals surface area contributed by atoms with Gasteiger partial charge in [-0.05, 0) is 48.5 Å². The largest absolute Gasteiger partial charge is 0.403 e. The number of rotatable bonds is 7. The Morgan fingerprint density at radius 3 is 2.17 bits per heavy atom. The zero-order valence-corrected chi connectivity index (χ0v) is 18.0. The first-order valence-corrected chi connectivity index (χ1v) is 12.4. The number of benzene rings is 2. The number of aromatic nitrogens is 2. The average molecular weight is 470 g/mol. The van der Waals surface area contributed by atoms with Gasteiger partial charge in [-0.3, -0.25) is 10.1 Å². The van der Waals surface area contributed by atoms with E-state index in [9.17, 15) is 21.6 Å². The van der Waals surface area contributed by atoms with Crippen LogP contribution in [0, 0.1) is 0 Å². The average Bonchev–Trinajstić information content (AvgIpc) is 3.15. The maximum Gasteiger partial charge on any atom is 0.322 e. The summed E-state index contributed by atoms with van der Waals surface area (Å²) < 4.78 is 52.9. The molecule has 0 radical (unpaired) electrons. The number of hydrogen-bond acceptors (Lipinski definition) is 8. The minimum atomic E-state index is -3.65. The smallest absolute Gasteiger partial charge is 0.322 e. The highest BCUT2D eigenvalue weighted by Gasteiger charge is 2.18. The molecule has 0 aliphatic heterocycles. The lowest BCUT2D eigenvalue weighted by molar-refractivity contribution is -0.115. The first-order valence-electron chi connectivity index (χ1n) is 8.47. The third-order valence-electron chi connectivity index (χ3n) is 3.97. The van der Waals surface area contributed by atoms with Gasteiger partial charge >= 0.3 is 6.01 Å². The number of nitrogens with one attached hydrogen (secondary N) is 1. The second kappa shape index (κ2) is 8.54. The van der Waals surface area contributed by atoms with E-state index in [0.717, 1.165) is 6.26 Å². The molecule has 0 unspecified atom stereocenters. The van der Waals surface area contributed by atoms with Gasteiger partial charge in [-0.2, -0.15) is 0 Å².